The van der Waals surface area contributed by atoms with E-state index in [9.17, 15) is 0 Å². The molecule has 3 N–H and O–H groups in total. The first-order valence-electron chi connectivity index (χ1n) is 6.81. The number of aromatic nitrogens is 1. The van der Waals surface area contributed by atoms with E-state index in [0.717, 1.165) is 30.5 Å². The summed E-state index contributed by atoms with van der Waals surface area (Å²) in [6.45, 7) is 5.29. The minimum atomic E-state index is 0.107. The molecule has 1 aromatic heterocycles. The van der Waals surface area contributed by atoms with Crippen LogP contribution in [0.4, 0.5) is 5.69 Å². The molecule has 5 nitrogen and oxygen atoms in total. The number of guanidine groups is 1. The molecule has 5 heteroatoms. The van der Waals surface area contributed by atoms with Crippen molar-refractivity contribution in [1.82, 2.24) is 9.88 Å². The molecule has 0 radical (unpaired) electrons. The zero-order valence-corrected chi connectivity index (χ0v) is 11.8. The molecule has 1 aromatic carbocycles. The number of aliphatic imine (C=N–C) groups is 1. The highest BCUT2D eigenvalue weighted by molar-refractivity contribution is 5.87. The Morgan fingerprint density at radius 1 is 1.40 bits per heavy atom. The minimum absolute atomic E-state index is 0.107. The second kappa shape index (κ2) is 6.11. The molecule has 0 saturated carbocycles. The first-order valence-corrected chi connectivity index (χ1v) is 6.81. The van der Waals surface area contributed by atoms with Gasteiger partial charge in [-0.05, 0) is 37.6 Å². The number of rotatable bonds is 4. The SMILES string of the molecule is CCCc1cc2cc(N=C(N)NC#N)ccc2n1CC. The maximum absolute atomic E-state index is 8.49. The number of aryl methyl sites for hydroxylation is 2. The molecule has 104 valence electrons. The summed E-state index contributed by atoms with van der Waals surface area (Å²) in [6, 6.07) is 8.16. The molecule has 2 aromatic rings. The van der Waals surface area contributed by atoms with E-state index in [1.165, 1.54) is 11.2 Å². The maximum Gasteiger partial charge on any atom is 0.207 e. The van der Waals surface area contributed by atoms with Crippen LogP contribution in [0.1, 0.15) is 26.0 Å². The fourth-order valence-electron chi connectivity index (χ4n) is 2.45. The number of nitrogens with zero attached hydrogens (tertiary/aromatic N) is 3. The van der Waals surface area contributed by atoms with Crippen molar-refractivity contribution in [2.45, 2.75) is 33.2 Å². The third-order valence-electron chi connectivity index (χ3n) is 3.23. The van der Waals surface area contributed by atoms with Crippen LogP contribution in [0.25, 0.3) is 10.9 Å². The van der Waals surface area contributed by atoms with Gasteiger partial charge in [-0.25, -0.2) is 4.99 Å². The lowest BCUT2D eigenvalue weighted by atomic mass is 10.2. The van der Waals surface area contributed by atoms with Crippen molar-refractivity contribution in [1.29, 1.82) is 5.26 Å². The van der Waals surface area contributed by atoms with Crippen LogP contribution in [0, 0.1) is 11.5 Å². The molecular weight excluding hydrogens is 250 g/mol. The zero-order valence-electron chi connectivity index (χ0n) is 11.8. The number of hydrogen-bond donors (Lipinski definition) is 2. The number of nitriles is 1. The van der Waals surface area contributed by atoms with Crippen molar-refractivity contribution in [3.63, 3.8) is 0 Å². The van der Waals surface area contributed by atoms with E-state index in [4.69, 9.17) is 11.0 Å². The van der Waals surface area contributed by atoms with Gasteiger partial charge < -0.3 is 10.3 Å². The van der Waals surface area contributed by atoms with Crippen LogP contribution < -0.4 is 11.1 Å². The van der Waals surface area contributed by atoms with Gasteiger partial charge in [-0.3, -0.25) is 5.32 Å². The van der Waals surface area contributed by atoms with Gasteiger partial charge in [0.1, 0.15) is 0 Å². The molecular formula is C15H19N5. The predicted octanol–water partition coefficient (Wildman–Crippen LogP) is 2.63. The molecule has 0 atom stereocenters. The molecule has 20 heavy (non-hydrogen) atoms. The van der Waals surface area contributed by atoms with E-state index in [0.29, 0.717) is 0 Å². The van der Waals surface area contributed by atoms with E-state index >= 15 is 0 Å². The van der Waals surface area contributed by atoms with Gasteiger partial charge >= 0.3 is 0 Å². The molecule has 2 rings (SSSR count). The summed E-state index contributed by atoms with van der Waals surface area (Å²) in [5.41, 5.74) is 8.88. The van der Waals surface area contributed by atoms with E-state index in [1.807, 2.05) is 12.1 Å². The number of nitrogens with one attached hydrogen (secondary N) is 1. The molecule has 0 unspecified atom stereocenters. The van der Waals surface area contributed by atoms with Gasteiger partial charge in [0.15, 0.2) is 6.19 Å². The molecule has 0 spiro atoms. The van der Waals surface area contributed by atoms with Gasteiger partial charge in [-0.15, -0.1) is 0 Å². The van der Waals surface area contributed by atoms with Crippen molar-refractivity contribution in [2.24, 2.45) is 10.7 Å². The number of hydrogen-bond acceptors (Lipinski definition) is 2. The van der Waals surface area contributed by atoms with Crippen LogP contribution in [0.3, 0.4) is 0 Å². The van der Waals surface area contributed by atoms with Gasteiger partial charge in [-0.2, -0.15) is 5.26 Å². The summed E-state index contributed by atoms with van der Waals surface area (Å²) < 4.78 is 2.32. The number of fused-ring (bicyclic) bond motifs is 1. The lowest BCUT2D eigenvalue weighted by Crippen LogP contribution is -2.26. The van der Waals surface area contributed by atoms with Crippen LogP contribution in [-0.2, 0) is 13.0 Å². The summed E-state index contributed by atoms with van der Waals surface area (Å²) in [6.07, 6.45) is 3.95. The summed E-state index contributed by atoms with van der Waals surface area (Å²) in [4.78, 5) is 4.16. The van der Waals surface area contributed by atoms with Crippen molar-refractivity contribution in [3.05, 3.63) is 30.0 Å². The Balaban J connectivity index is 2.45. The van der Waals surface area contributed by atoms with E-state index in [2.05, 4.69) is 40.9 Å². The molecule has 0 aliphatic carbocycles. The van der Waals surface area contributed by atoms with Crippen LogP contribution in [0.2, 0.25) is 0 Å². The molecule has 0 saturated heterocycles. The van der Waals surface area contributed by atoms with Crippen molar-refractivity contribution in [3.8, 4) is 6.19 Å². The van der Waals surface area contributed by atoms with E-state index < -0.39 is 0 Å². The lowest BCUT2D eigenvalue weighted by molar-refractivity contribution is 0.722. The summed E-state index contributed by atoms with van der Waals surface area (Å²) >= 11 is 0. The second-order valence-corrected chi connectivity index (χ2v) is 4.61. The van der Waals surface area contributed by atoms with Gasteiger partial charge in [0.2, 0.25) is 5.96 Å². The van der Waals surface area contributed by atoms with Crippen molar-refractivity contribution >= 4 is 22.5 Å². The zero-order chi connectivity index (χ0) is 14.5. The van der Waals surface area contributed by atoms with Crippen molar-refractivity contribution in [2.75, 3.05) is 0 Å². The van der Waals surface area contributed by atoms with Crippen LogP contribution >= 0.6 is 0 Å². The first-order chi connectivity index (χ1) is 9.69. The van der Waals surface area contributed by atoms with Gasteiger partial charge in [0.25, 0.3) is 0 Å². The monoisotopic (exact) mass is 269 g/mol. The Hall–Kier alpha value is -2.48. The fourth-order valence-corrected chi connectivity index (χ4v) is 2.45. The lowest BCUT2D eigenvalue weighted by Gasteiger charge is -2.06. The molecule has 0 fully saturated rings. The highest BCUT2D eigenvalue weighted by atomic mass is 15.1. The molecule has 0 bridgehead atoms. The van der Waals surface area contributed by atoms with Gasteiger partial charge in [0.05, 0.1) is 5.69 Å². The molecule has 0 aliphatic heterocycles. The molecule has 0 amide bonds. The van der Waals surface area contributed by atoms with Gasteiger partial charge in [0, 0.05) is 23.1 Å². The Bertz CT molecular complexity index is 675. The Labute approximate surface area is 118 Å². The van der Waals surface area contributed by atoms with Gasteiger partial charge in [-0.1, -0.05) is 13.3 Å². The summed E-state index contributed by atoms with van der Waals surface area (Å²) in [5, 5.41) is 12.0. The second-order valence-electron chi connectivity index (χ2n) is 4.61. The first kappa shape index (κ1) is 13.9. The highest BCUT2D eigenvalue weighted by Crippen LogP contribution is 2.25. The van der Waals surface area contributed by atoms with Crippen LogP contribution in [0.5, 0.6) is 0 Å². The predicted molar refractivity (Wildman–Crippen MR) is 81.6 cm³/mol. The smallest absolute Gasteiger partial charge is 0.207 e. The van der Waals surface area contributed by atoms with E-state index in [1.54, 1.807) is 6.19 Å². The Morgan fingerprint density at radius 2 is 2.20 bits per heavy atom. The number of nitrogens with two attached hydrogens (primary N) is 1. The Morgan fingerprint density at radius 3 is 2.85 bits per heavy atom. The normalized spacial score (nSPS) is 11.6. The third-order valence-corrected chi connectivity index (χ3v) is 3.23. The minimum Gasteiger partial charge on any atom is -0.369 e. The largest absolute Gasteiger partial charge is 0.369 e. The van der Waals surface area contributed by atoms with Crippen LogP contribution in [-0.4, -0.2) is 10.5 Å². The fraction of sp³-hybridized carbons (Fsp3) is 0.333. The van der Waals surface area contributed by atoms with Crippen LogP contribution in [0.15, 0.2) is 29.3 Å². The summed E-state index contributed by atoms with van der Waals surface area (Å²) in [5.74, 6) is 0.107. The Kier molecular flexibility index (Phi) is 4.26. The standard InChI is InChI=1S/C15H19N5/c1-3-5-13-9-11-8-12(19-15(17)18-10-16)6-7-14(11)20(13)4-2/h6-9H,3-5H2,1-2H3,(H3,17,18,19). The molecule has 0 aliphatic rings. The average molecular weight is 269 g/mol. The maximum atomic E-state index is 8.49. The molecule has 1 heterocycles. The quantitative estimate of drug-likeness (QED) is 0.387. The average Bonchev–Trinajstić information content (AvgIpc) is 2.75. The highest BCUT2D eigenvalue weighted by Gasteiger charge is 2.07. The topological polar surface area (TPSA) is 79.1 Å². The number of benzene rings is 1. The van der Waals surface area contributed by atoms with Crippen molar-refractivity contribution < 1.29 is 0 Å². The third kappa shape index (κ3) is 2.75. The summed E-state index contributed by atoms with van der Waals surface area (Å²) in [7, 11) is 0. The van der Waals surface area contributed by atoms with E-state index in [-0.39, 0.29) is 5.96 Å².